The lowest BCUT2D eigenvalue weighted by Gasteiger charge is -2.13. The zero-order valence-corrected chi connectivity index (χ0v) is 14.6. The van der Waals surface area contributed by atoms with Crippen LogP contribution in [0.1, 0.15) is 16.7 Å². The SMILES string of the molecule is CN=C(NCc1ccc(S(N)(=O)=O)cc1)NCc1ccccc1C. The number of hydrogen-bond acceptors (Lipinski definition) is 3. The highest BCUT2D eigenvalue weighted by Gasteiger charge is 2.07. The first kappa shape index (κ1) is 18.0. The number of nitrogens with one attached hydrogen (secondary N) is 2. The highest BCUT2D eigenvalue weighted by molar-refractivity contribution is 7.89. The van der Waals surface area contributed by atoms with Gasteiger partial charge in [0.25, 0.3) is 0 Å². The fourth-order valence-electron chi connectivity index (χ4n) is 2.19. The Hall–Kier alpha value is -2.38. The van der Waals surface area contributed by atoms with Crippen LogP contribution in [0.2, 0.25) is 0 Å². The maximum Gasteiger partial charge on any atom is 0.238 e. The van der Waals surface area contributed by atoms with Crippen LogP contribution in [0, 0.1) is 6.92 Å². The summed E-state index contributed by atoms with van der Waals surface area (Å²) < 4.78 is 22.5. The molecule has 2 aromatic carbocycles. The fraction of sp³-hybridized carbons (Fsp3) is 0.235. The predicted octanol–water partition coefficient (Wildman–Crippen LogP) is 1.51. The smallest absolute Gasteiger partial charge is 0.238 e. The van der Waals surface area contributed by atoms with E-state index in [1.54, 1.807) is 19.2 Å². The third-order valence-electron chi connectivity index (χ3n) is 3.64. The van der Waals surface area contributed by atoms with Crippen LogP contribution in [0.25, 0.3) is 0 Å². The first-order valence-corrected chi connectivity index (χ1v) is 9.05. The van der Waals surface area contributed by atoms with Gasteiger partial charge in [-0.25, -0.2) is 13.6 Å². The number of sulfonamides is 1. The minimum absolute atomic E-state index is 0.105. The van der Waals surface area contributed by atoms with E-state index in [9.17, 15) is 8.42 Å². The number of nitrogens with zero attached hydrogens (tertiary/aromatic N) is 1. The molecule has 24 heavy (non-hydrogen) atoms. The first-order valence-electron chi connectivity index (χ1n) is 7.51. The van der Waals surface area contributed by atoms with Crippen LogP contribution < -0.4 is 15.8 Å². The van der Waals surface area contributed by atoms with Crippen molar-refractivity contribution in [2.75, 3.05) is 7.05 Å². The Morgan fingerprint density at radius 3 is 2.25 bits per heavy atom. The number of nitrogens with two attached hydrogens (primary N) is 1. The Bertz CT molecular complexity index is 815. The van der Waals surface area contributed by atoms with Crippen LogP contribution >= 0.6 is 0 Å². The molecular weight excluding hydrogens is 324 g/mol. The van der Waals surface area contributed by atoms with E-state index in [0.29, 0.717) is 19.0 Å². The van der Waals surface area contributed by atoms with E-state index in [0.717, 1.165) is 5.56 Å². The third kappa shape index (κ3) is 5.07. The summed E-state index contributed by atoms with van der Waals surface area (Å²) in [5.41, 5.74) is 3.36. The van der Waals surface area contributed by atoms with E-state index in [2.05, 4.69) is 34.7 Å². The van der Waals surface area contributed by atoms with Gasteiger partial charge in [-0.2, -0.15) is 0 Å². The molecule has 0 heterocycles. The highest BCUT2D eigenvalue weighted by atomic mass is 32.2. The van der Waals surface area contributed by atoms with Crippen molar-refractivity contribution in [2.24, 2.45) is 10.1 Å². The molecule has 7 heteroatoms. The molecule has 0 amide bonds. The largest absolute Gasteiger partial charge is 0.352 e. The summed E-state index contributed by atoms with van der Waals surface area (Å²) >= 11 is 0. The molecule has 0 atom stereocenters. The van der Waals surface area contributed by atoms with E-state index in [1.165, 1.54) is 23.3 Å². The lowest BCUT2D eigenvalue weighted by Crippen LogP contribution is -2.36. The van der Waals surface area contributed by atoms with E-state index in [4.69, 9.17) is 5.14 Å². The number of guanidine groups is 1. The number of primary sulfonamides is 1. The number of rotatable bonds is 5. The minimum Gasteiger partial charge on any atom is -0.352 e. The van der Waals surface area contributed by atoms with Crippen molar-refractivity contribution in [2.45, 2.75) is 24.9 Å². The molecule has 0 spiro atoms. The molecule has 0 aromatic heterocycles. The van der Waals surface area contributed by atoms with Crippen LogP contribution in [-0.2, 0) is 23.1 Å². The van der Waals surface area contributed by atoms with Crippen molar-refractivity contribution in [1.29, 1.82) is 0 Å². The second-order valence-corrected chi connectivity index (χ2v) is 6.96. The first-order chi connectivity index (χ1) is 11.4. The number of aryl methyl sites for hydroxylation is 1. The second kappa shape index (κ2) is 7.94. The van der Waals surface area contributed by atoms with Gasteiger partial charge in [0.2, 0.25) is 10.0 Å². The number of aliphatic imine (C=N–C) groups is 1. The van der Waals surface area contributed by atoms with E-state index in [-0.39, 0.29) is 4.90 Å². The maximum absolute atomic E-state index is 11.2. The summed E-state index contributed by atoms with van der Waals surface area (Å²) in [6.45, 7) is 3.27. The van der Waals surface area contributed by atoms with Gasteiger partial charge >= 0.3 is 0 Å². The summed E-state index contributed by atoms with van der Waals surface area (Å²) in [7, 11) is -1.95. The molecule has 128 valence electrons. The lowest BCUT2D eigenvalue weighted by atomic mass is 10.1. The Balaban J connectivity index is 1.91. The number of benzene rings is 2. The summed E-state index contributed by atoms with van der Waals surface area (Å²) in [6, 6.07) is 14.6. The van der Waals surface area contributed by atoms with Gasteiger partial charge in [-0.05, 0) is 35.7 Å². The molecule has 0 saturated heterocycles. The van der Waals surface area contributed by atoms with E-state index >= 15 is 0 Å². The van der Waals surface area contributed by atoms with Crippen molar-refractivity contribution in [3.8, 4) is 0 Å². The summed E-state index contributed by atoms with van der Waals surface area (Å²) in [4.78, 5) is 4.29. The lowest BCUT2D eigenvalue weighted by molar-refractivity contribution is 0.597. The van der Waals surface area contributed by atoms with Crippen molar-refractivity contribution >= 4 is 16.0 Å². The van der Waals surface area contributed by atoms with Crippen molar-refractivity contribution in [3.63, 3.8) is 0 Å². The van der Waals surface area contributed by atoms with Gasteiger partial charge in [-0.15, -0.1) is 0 Å². The van der Waals surface area contributed by atoms with Gasteiger partial charge in [0.05, 0.1) is 4.90 Å². The zero-order valence-electron chi connectivity index (χ0n) is 13.8. The standard InChI is InChI=1S/C17H22N4O2S/c1-13-5-3-4-6-15(13)12-21-17(19-2)20-11-14-7-9-16(10-8-14)24(18,22)23/h3-10H,11-12H2,1-2H3,(H2,18,22,23)(H2,19,20,21). The molecule has 2 rings (SSSR count). The van der Waals surface area contributed by atoms with E-state index < -0.39 is 10.0 Å². The van der Waals surface area contributed by atoms with Crippen LogP contribution in [0.15, 0.2) is 58.4 Å². The van der Waals surface area contributed by atoms with Crippen molar-refractivity contribution < 1.29 is 8.42 Å². The molecule has 2 aromatic rings. The quantitative estimate of drug-likeness (QED) is 0.565. The van der Waals surface area contributed by atoms with Crippen molar-refractivity contribution in [1.82, 2.24) is 10.6 Å². The van der Waals surface area contributed by atoms with Gasteiger partial charge in [0, 0.05) is 20.1 Å². The molecule has 0 fully saturated rings. The zero-order chi connectivity index (χ0) is 17.6. The van der Waals surface area contributed by atoms with Crippen LogP contribution in [0.5, 0.6) is 0 Å². The molecule has 0 unspecified atom stereocenters. The van der Waals surface area contributed by atoms with Crippen LogP contribution in [-0.4, -0.2) is 21.4 Å². The molecule has 0 bridgehead atoms. The van der Waals surface area contributed by atoms with Crippen molar-refractivity contribution in [3.05, 3.63) is 65.2 Å². The predicted molar refractivity (Wildman–Crippen MR) is 96.0 cm³/mol. The average Bonchev–Trinajstić information content (AvgIpc) is 2.56. The third-order valence-corrected chi connectivity index (χ3v) is 4.57. The summed E-state index contributed by atoms with van der Waals surface area (Å²) in [5.74, 6) is 0.675. The second-order valence-electron chi connectivity index (χ2n) is 5.39. The van der Waals surface area contributed by atoms with Gasteiger partial charge in [-0.3, -0.25) is 4.99 Å². The molecule has 4 N–H and O–H groups in total. The highest BCUT2D eigenvalue weighted by Crippen LogP contribution is 2.09. The maximum atomic E-state index is 11.2. The Kier molecular flexibility index (Phi) is 5.94. The van der Waals surface area contributed by atoms with Gasteiger partial charge < -0.3 is 10.6 Å². The fourth-order valence-corrected chi connectivity index (χ4v) is 2.71. The molecule has 6 nitrogen and oxygen atoms in total. The minimum atomic E-state index is -3.66. The molecule has 0 aliphatic rings. The molecule has 0 aliphatic heterocycles. The van der Waals surface area contributed by atoms with Gasteiger partial charge in [0.15, 0.2) is 5.96 Å². The Labute approximate surface area is 142 Å². The van der Waals surface area contributed by atoms with Crippen LogP contribution in [0.3, 0.4) is 0 Å². The molecule has 0 aliphatic carbocycles. The summed E-state index contributed by atoms with van der Waals surface area (Å²) in [6.07, 6.45) is 0. The topological polar surface area (TPSA) is 96.6 Å². The molecular formula is C17H22N4O2S. The molecule has 0 saturated carbocycles. The normalized spacial score (nSPS) is 12.0. The van der Waals surface area contributed by atoms with Gasteiger partial charge in [-0.1, -0.05) is 36.4 Å². The Morgan fingerprint density at radius 2 is 1.67 bits per heavy atom. The molecule has 0 radical (unpaired) electrons. The van der Waals surface area contributed by atoms with E-state index in [1.807, 2.05) is 12.1 Å². The monoisotopic (exact) mass is 346 g/mol. The average molecular weight is 346 g/mol. The van der Waals surface area contributed by atoms with Gasteiger partial charge in [0.1, 0.15) is 0 Å². The Morgan fingerprint density at radius 1 is 1.04 bits per heavy atom. The van der Waals surface area contributed by atoms with Crippen LogP contribution in [0.4, 0.5) is 0 Å². The summed E-state index contributed by atoms with van der Waals surface area (Å²) in [5, 5.41) is 11.5. The number of hydrogen-bond donors (Lipinski definition) is 3.